The molecule has 4 aromatic heterocycles. The van der Waals surface area contributed by atoms with Crippen LogP contribution < -0.4 is 32.3 Å². The van der Waals surface area contributed by atoms with Crippen molar-refractivity contribution in [2.45, 2.75) is 6.42 Å². The number of hydrogen-bond donors (Lipinski definition) is 7. The van der Waals surface area contributed by atoms with Gasteiger partial charge in [0, 0.05) is 58.1 Å². The molecule has 0 aliphatic rings. The van der Waals surface area contributed by atoms with Crippen LogP contribution in [0.15, 0.2) is 53.2 Å². The van der Waals surface area contributed by atoms with Crippen LogP contribution >= 0.6 is 39.7 Å². The minimum absolute atomic E-state index is 0. The van der Waals surface area contributed by atoms with Crippen LogP contribution in [-0.2, 0) is 25.9 Å². The number of anilines is 4. The summed E-state index contributed by atoms with van der Waals surface area (Å²) in [4.78, 5) is 67.1. The van der Waals surface area contributed by atoms with Crippen LogP contribution in [0.3, 0.4) is 0 Å². The summed E-state index contributed by atoms with van der Waals surface area (Å²) in [6, 6.07) is 4.50. The molecule has 0 saturated carbocycles. The fourth-order valence-corrected chi connectivity index (χ4v) is 4.95. The lowest BCUT2D eigenvalue weighted by Crippen LogP contribution is -2.28. The molecule has 0 radical (unpaired) electrons. The number of amides is 5. The zero-order valence-corrected chi connectivity index (χ0v) is 28.5. The monoisotopic (exact) mass is 747 g/mol. The molecule has 0 unspecified atom stereocenters. The largest absolute Gasteiger partial charge is 0.388 e. The van der Waals surface area contributed by atoms with Crippen LogP contribution in [0, 0.1) is 5.41 Å². The van der Waals surface area contributed by atoms with E-state index in [-0.39, 0.29) is 63.8 Å². The fourth-order valence-electron chi connectivity index (χ4n) is 4.16. The van der Waals surface area contributed by atoms with Gasteiger partial charge in [0.25, 0.3) is 29.5 Å². The first-order chi connectivity index (χ1) is 21.7. The number of halogens is 2. The van der Waals surface area contributed by atoms with E-state index in [2.05, 4.69) is 54.1 Å². The van der Waals surface area contributed by atoms with E-state index in [9.17, 15) is 24.0 Å². The second-order valence-electron chi connectivity index (χ2n) is 9.97. The van der Waals surface area contributed by atoms with Gasteiger partial charge in [0.05, 0.1) is 27.4 Å². The number of rotatable bonds is 12. The molecule has 0 saturated heterocycles. The summed E-state index contributed by atoms with van der Waals surface area (Å²) in [6.45, 7) is 3.69. The van der Waals surface area contributed by atoms with E-state index in [1.165, 1.54) is 32.7 Å². The highest BCUT2D eigenvalue weighted by atomic mass is 79.9. The molecule has 248 valence electrons. The Kier molecular flexibility index (Phi) is 11.9. The molecule has 4 aromatic rings. The molecule has 0 aliphatic heterocycles. The Morgan fingerprint density at radius 1 is 0.830 bits per heavy atom. The lowest BCUT2D eigenvalue weighted by molar-refractivity contribution is -0.112. The van der Waals surface area contributed by atoms with Gasteiger partial charge in [0.1, 0.15) is 22.8 Å². The number of carbonyl (C=O) groups is 5. The molecule has 0 fully saturated rings. The highest BCUT2D eigenvalue weighted by Crippen LogP contribution is 2.21. The molecule has 19 heteroatoms. The van der Waals surface area contributed by atoms with Crippen molar-refractivity contribution in [2.75, 3.05) is 27.8 Å². The third-order valence-electron chi connectivity index (χ3n) is 6.37. The van der Waals surface area contributed by atoms with Crippen LogP contribution in [0.1, 0.15) is 48.4 Å². The Bertz CT molecular complexity index is 1890. The first-order valence-corrected chi connectivity index (χ1v) is 15.0. The molecule has 0 bridgehead atoms. The summed E-state index contributed by atoms with van der Waals surface area (Å²) in [5, 5.41) is 22.3. The van der Waals surface area contributed by atoms with E-state index >= 15 is 0 Å². The van der Waals surface area contributed by atoms with Crippen LogP contribution in [0.25, 0.3) is 0 Å². The Labute approximate surface area is 286 Å². The van der Waals surface area contributed by atoms with Gasteiger partial charge in [0.2, 0.25) is 0 Å². The van der Waals surface area contributed by atoms with Crippen molar-refractivity contribution in [1.29, 1.82) is 5.41 Å². The van der Waals surface area contributed by atoms with Gasteiger partial charge in [-0.2, -0.15) is 0 Å². The van der Waals surface area contributed by atoms with E-state index in [1.54, 1.807) is 44.3 Å². The number of nitrogens with zero attached hydrogens (tertiary/aromatic N) is 4. The number of nitrogens with two attached hydrogens (primary N) is 1. The standard InChI is InChI=1S/C28H30BrN11O5S.ClH/c1-14(29)23(41)37-28-36-18(13-46-28)24(42)33-15-8-20(39(3)10-15)26(44)35-17-9-21(40(4)12-17)27(45)34-16-7-19(38(2)11-16)25(43)32-6-5-22(30)31;/h7-13H,1,5-6H2,2-4H3,(H3,30,31)(H,32,43)(H,33,42)(H,34,45)(H,35,44)(H,36,37,41);1H. The average Bonchev–Trinajstić information content (AvgIpc) is 3.75. The summed E-state index contributed by atoms with van der Waals surface area (Å²) >= 11 is 4.04. The highest BCUT2D eigenvalue weighted by molar-refractivity contribution is 9.12. The van der Waals surface area contributed by atoms with Gasteiger partial charge in [0.15, 0.2) is 5.13 Å². The lowest BCUT2D eigenvalue weighted by atomic mass is 10.3. The summed E-state index contributed by atoms with van der Waals surface area (Å²) in [5.41, 5.74) is 7.24. The molecule has 0 atom stereocenters. The predicted octanol–water partition coefficient (Wildman–Crippen LogP) is 3.24. The summed E-state index contributed by atoms with van der Waals surface area (Å²) in [6.07, 6.45) is 4.93. The second-order valence-corrected chi connectivity index (χ2v) is 11.8. The number of hydrogen-bond acceptors (Lipinski definition) is 8. The molecular weight excluding hydrogens is 718 g/mol. The van der Waals surface area contributed by atoms with E-state index < -0.39 is 23.6 Å². The van der Waals surface area contributed by atoms with E-state index in [0.717, 1.165) is 11.3 Å². The highest BCUT2D eigenvalue weighted by Gasteiger charge is 2.20. The van der Waals surface area contributed by atoms with Crippen LogP contribution in [0.5, 0.6) is 0 Å². The summed E-state index contributed by atoms with van der Waals surface area (Å²) in [7, 11) is 4.94. The molecule has 5 amide bonds. The first kappa shape index (κ1) is 36.3. The van der Waals surface area contributed by atoms with Gasteiger partial charge in [-0.05, 0) is 34.1 Å². The molecule has 16 nitrogen and oxygen atoms in total. The molecule has 8 N–H and O–H groups in total. The third-order valence-corrected chi connectivity index (χ3v) is 7.49. The number of carbonyl (C=O) groups excluding carboxylic acids is 5. The average molecular weight is 749 g/mol. The van der Waals surface area contributed by atoms with Gasteiger partial charge in [-0.25, -0.2) is 4.98 Å². The number of aryl methyl sites for hydroxylation is 3. The van der Waals surface area contributed by atoms with Gasteiger partial charge >= 0.3 is 0 Å². The van der Waals surface area contributed by atoms with Gasteiger partial charge in [-0.3, -0.25) is 34.7 Å². The molecular formula is C28H31BrClN11O5S. The molecule has 0 aliphatic carbocycles. The first-order valence-electron chi connectivity index (χ1n) is 13.4. The third kappa shape index (κ3) is 9.18. The van der Waals surface area contributed by atoms with Gasteiger partial charge < -0.3 is 40.7 Å². The van der Waals surface area contributed by atoms with Crippen LogP contribution in [0.4, 0.5) is 22.2 Å². The van der Waals surface area contributed by atoms with Crippen molar-refractivity contribution in [3.63, 3.8) is 0 Å². The lowest BCUT2D eigenvalue weighted by Gasteiger charge is -2.04. The Balaban J connectivity index is 0.00000600. The smallest absolute Gasteiger partial charge is 0.275 e. The minimum atomic E-state index is -0.537. The van der Waals surface area contributed by atoms with Crippen molar-refractivity contribution in [3.8, 4) is 0 Å². The Morgan fingerprint density at radius 2 is 1.28 bits per heavy atom. The zero-order valence-electron chi connectivity index (χ0n) is 25.3. The molecule has 47 heavy (non-hydrogen) atoms. The van der Waals surface area contributed by atoms with E-state index in [4.69, 9.17) is 11.1 Å². The summed E-state index contributed by atoms with van der Waals surface area (Å²) < 4.78 is 4.74. The molecule has 4 rings (SSSR count). The molecule has 0 spiro atoms. The Morgan fingerprint density at radius 3 is 1.72 bits per heavy atom. The topological polar surface area (TPSA) is 223 Å². The van der Waals surface area contributed by atoms with Crippen LogP contribution in [0.2, 0.25) is 0 Å². The SMILES string of the molecule is C=C(Br)C(=O)Nc1nc(C(=O)Nc2cc(C(=O)Nc3cc(C(=O)Nc4cc(C(=O)NCCC(=N)N)n(C)c4)n(C)c3)n(C)c2)cs1.Cl. The second kappa shape index (κ2) is 15.4. The molecule has 0 aromatic carbocycles. The van der Waals surface area contributed by atoms with E-state index in [0.29, 0.717) is 22.8 Å². The number of thiazole rings is 1. The normalized spacial score (nSPS) is 10.4. The van der Waals surface area contributed by atoms with Crippen LogP contribution in [-0.4, -0.2) is 60.6 Å². The number of aromatic nitrogens is 4. The van der Waals surface area contributed by atoms with E-state index in [1.807, 2.05) is 0 Å². The maximum absolute atomic E-state index is 13.1. The maximum Gasteiger partial charge on any atom is 0.275 e. The number of amidine groups is 1. The zero-order chi connectivity index (χ0) is 33.7. The Hall–Kier alpha value is -5.20. The minimum Gasteiger partial charge on any atom is -0.388 e. The van der Waals surface area contributed by atoms with Gasteiger partial charge in [-0.1, -0.05) is 6.58 Å². The van der Waals surface area contributed by atoms with Crippen molar-refractivity contribution in [1.82, 2.24) is 24.0 Å². The van der Waals surface area contributed by atoms with Gasteiger partial charge in [-0.15, -0.1) is 23.7 Å². The quantitative estimate of drug-likeness (QED) is 0.0650. The fraction of sp³-hybridized carbons (Fsp3) is 0.179. The predicted molar refractivity (Wildman–Crippen MR) is 185 cm³/mol. The van der Waals surface area contributed by atoms with Crippen molar-refractivity contribution in [2.24, 2.45) is 26.9 Å². The molecule has 4 heterocycles. The van der Waals surface area contributed by atoms with Crippen molar-refractivity contribution in [3.05, 3.63) is 76.0 Å². The van der Waals surface area contributed by atoms with Crippen molar-refractivity contribution >= 4 is 97.2 Å². The number of nitrogens with one attached hydrogen (secondary N) is 6. The maximum atomic E-state index is 13.1. The van der Waals surface area contributed by atoms with Crippen molar-refractivity contribution < 1.29 is 24.0 Å². The summed E-state index contributed by atoms with van der Waals surface area (Å²) in [5.74, 6) is -2.40.